The minimum Gasteiger partial charge on any atom is -0.748 e. The minimum absolute atomic E-state index is 0. The molecule has 1 rings (SSSR count). The molecular weight excluding hydrogens is 523 g/mol. The molecule has 0 unspecified atom stereocenters. The van der Waals surface area contributed by atoms with Gasteiger partial charge in [0, 0.05) is 13.2 Å². The Balaban J connectivity index is 0.0000137. The van der Waals surface area contributed by atoms with E-state index in [1.165, 1.54) is 89.9 Å². The van der Waals surface area contributed by atoms with Crippen molar-refractivity contribution in [3.05, 3.63) is 0 Å². The quantitative estimate of drug-likeness (QED) is 0.0871. The summed E-state index contributed by atoms with van der Waals surface area (Å²) in [6.45, 7) is 3.55. The third kappa shape index (κ3) is 19.7. The Bertz CT molecular complexity index is 638. The molecule has 0 bridgehead atoms. The van der Waals surface area contributed by atoms with Crippen molar-refractivity contribution in [2.75, 3.05) is 25.6 Å². The van der Waals surface area contributed by atoms with Crippen LogP contribution in [0.1, 0.15) is 116 Å². The molecule has 9 nitrogen and oxygen atoms in total. The summed E-state index contributed by atoms with van der Waals surface area (Å²) >= 11 is 0. The summed E-state index contributed by atoms with van der Waals surface area (Å²) in [5.74, 6) is -1.01. The van der Waals surface area contributed by atoms with Crippen LogP contribution < -0.4 is 29.6 Å². The third-order valence-electron chi connectivity index (χ3n) is 6.89. The number of ether oxygens (including phenoxy) is 3. The normalized spacial score (nSPS) is 23.9. The molecule has 1 heterocycles. The maximum absolute atomic E-state index is 10.9. The van der Waals surface area contributed by atoms with Gasteiger partial charge >= 0.3 is 29.6 Å². The van der Waals surface area contributed by atoms with Crippen LogP contribution in [0, 0.1) is 0 Å². The van der Waals surface area contributed by atoms with Crippen molar-refractivity contribution in [1.82, 2.24) is 0 Å². The van der Waals surface area contributed by atoms with Gasteiger partial charge in [-0.15, -0.1) is 0 Å². The zero-order valence-electron chi connectivity index (χ0n) is 23.9. The first-order valence-corrected chi connectivity index (χ1v) is 16.2. The standard InChI is InChI=1S/C27H54O9S.Na/c1-2-3-4-5-6-7-8-9-10-11-12-13-14-15-16-17-19-34-20-18-21-35-27-26(30)25(29)24(28)23(36-27)22-37(31,32)33;/h23-30H,2-22H2,1H3,(H,31,32,33);/q;+1/p-1/t23-,24-,25+,26-,27+;/m1./s1. The Morgan fingerprint density at radius 1 is 0.658 bits per heavy atom. The average molecular weight is 577 g/mol. The number of unbranched alkanes of at least 4 members (excludes halogenated alkanes) is 15. The molecule has 0 saturated carbocycles. The summed E-state index contributed by atoms with van der Waals surface area (Å²) < 4.78 is 49.0. The number of rotatable bonds is 24. The van der Waals surface area contributed by atoms with Crippen LogP contribution in [-0.4, -0.2) is 84.6 Å². The van der Waals surface area contributed by atoms with Gasteiger partial charge in [0.2, 0.25) is 0 Å². The molecule has 11 heteroatoms. The maximum Gasteiger partial charge on any atom is 1.00 e. The molecule has 0 aromatic heterocycles. The molecule has 1 saturated heterocycles. The van der Waals surface area contributed by atoms with Crippen molar-refractivity contribution >= 4 is 10.1 Å². The fourth-order valence-electron chi connectivity index (χ4n) is 4.61. The van der Waals surface area contributed by atoms with Crippen LogP contribution in [0.15, 0.2) is 0 Å². The molecule has 0 aliphatic carbocycles. The molecular formula is C27H53NaO9S. The molecule has 3 N–H and O–H groups in total. The van der Waals surface area contributed by atoms with Gasteiger partial charge in [-0.3, -0.25) is 0 Å². The second-order valence-electron chi connectivity index (χ2n) is 10.4. The van der Waals surface area contributed by atoms with Crippen LogP contribution in [0.3, 0.4) is 0 Å². The van der Waals surface area contributed by atoms with E-state index in [2.05, 4.69) is 6.92 Å². The van der Waals surface area contributed by atoms with E-state index in [0.29, 0.717) is 19.6 Å². The van der Waals surface area contributed by atoms with Gasteiger partial charge in [-0.25, -0.2) is 8.42 Å². The van der Waals surface area contributed by atoms with Gasteiger partial charge in [-0.2, -0.15) is 0 Å². The van der Waals surface area contributed by atoms with E-state index < -0.39 is 46.6 Å². The molecule has 222 valence electrons. The van der Waals surface area contributed by atoms with Crippen LogP contribution in [0.2, 0.25) is 0 Å². The molecule has 0 radical (unpaired) electrons. The van der Waals surface area contributed by atoms with Gasteiger partial charge in [0.05, 0.1) is 22.5 Å². The summed E-state index contributed by atoms with van der Waals surface area (Å²) in [7, 11) is -4.68. The number of aliphatic hydroxyl groups excluding tert-OH is 3. The summed E-state index contributed by atoms with van der Waals surface area (Å²) in [6, 6.07) is 0. The molecule has 5 atom stereocenters. The predicted molar refractivity (Wildman–Crippen MR) is 142 cm³/mol. The van der Waals surface area contributed by atoms with Crippen LogP contribution in [0.25, 0.3) is 0 Å². The van der Waals surface area contributed by atoms with Gasteiger partial charge in [0.25, 0.3) is 0 Å². The van der Waals surface area contributed by atoms with Crippen LogP contribution in [-0.2, 0) is 24.3 Å². The van der Waals surface area contributed by atoms with Gasteiger partial charge in [-0.1, -0.05) is 103 Å². The van der Waals surface area contributed by atoms with Crippen molar-refractivity contribution in [2.24, 2.45) is 0 Å². The second-order valence-corrected chi connectivity index (χ2v) is 11.8. The Labute approximate surface area is 253 Å². The molecule has 0 aromatic carbocycles. The van der Waals surface area contributed by atoms with Crippen molar-refractivity contribution in [3.8, 4) is 0 Å². The van der Waals surface area contributed by atoms with Crippen LogP contribution in [0.4, 0.5) is 0 Å². The fourth-order valence-corrected chi connectivity index (χ4v) is 5.29. The Kier molecular flexibility index (Phi) is 24.7. The first-order valence-electron chi connectivity index (χ1n) is 14.6. The number of hydrogen-bond acceptors (Lipinski definition) is 9. The summed E-state index contributed by atoms with van der Waals surface area (Å²) in [5, 5.41) is 29.7. The first-order chi connectivity index (χ1) is 17.8. The Morgan fingerprint density at radius 2 is 1.11 bits per heavy atom. The van der Waals surface area contributed by atoms with Crippen LogP contribution >= 0.6 is 0 Å². The van der Waals surface area contributed by atoms with Crippen molar-refractivity contribution < 1.29 is 72.1 Å². The van der Waals surface area contributed by atoms with E-state index in [4.69, 9.17) is 14.2 Å². The van der Waals surface area contributed by atoms with E-state index >= 15 is 0 Å². The second kappa shape index (κ2) is 24.3. The number of hydrogen-bond donors (Lipinski definition) is 3. The largest absolute Gasteiger partial charge is 1.00 e. The first kappa shape index (κ1) is 38.7. The monoisotopic (exact) mass is 576 g/mol. The van der Waals surface area contributed by atoms with Crippen molar-refractivity contribution in [1.29, 1.82) is 0 Å². The molecule has 0 amide bonds. The van der Waals surface area contributed by atoms with Gasteiger partial charge in [-0.05, 0) is 12.8 Å². The van der Waals surface area contributed by atoms with Crippen molar-refractivity contribution in [2.45, 2.75) is 147 Å². The van der Waals surface area contributed by atoms with E-state index in [0.717, 1.165) is 12.8 Å². The summed E-state index contributed by atoms with van der Waals surface area (Å²) in [6.07, 6.45) is 14.0. The zero-order chi connectivity index (χ0) is 27.4. The van der Waals surface area contributed by atoms with Gasteiger partial charge in [0.1, 0.15) is 24.4 Å². The molecule has 0 aromatic rings. The fraction of sp³-hybridized carbons (Fsp3) is 1.00. The molecule has 38 heavy (non-hydrogen) atoms. The third-order valence-corrected chi connectivity index (χ3v) is 7.63. The zero-order valence-corrected chi connectivity index (χ0v) is 26.8. The number of aliphatic hydroxyl groups is 3. The molecule has 1 aliphatic heterocycles. The summed E-state index contributed by atoms with van der Waals surface area (Å²) in [5.41, 5.74) is 0. The summed E-state index contributed by atoms with van der Waals surface area (Å²) in [4.78, 5) is 0. The predicted octanol–water partition coefficient (Wildman–Crippen LogP) is 1.03. The topological polar surface area (TPSA) is 146 Å². The molecule has 1 fully saturated rings. The van der Waals surface area contributed by atoms with E-state index in [9.17, 15) is 28.3 Å². The smallest absolute Gasteiger partial charge is 0.748 e. The van der Waals surface area contributed by atoms with E-state index in [1.54, 1.807) is 0 Å². The van der Waals surface area contributed by atoms with Crippen molar-refractivity contribution in [3.63, 3.8) is 0 Å². The van der Waals surface area contributed by atoms with E-state index in [1.807, 2.05) is 0 Å². The van der Waals surface area contributed by atoms with E-state index in [-0.39, 0.29) is 36.2 Å². The minimum atomic E-state index is -4.68. The Morgan fingerprint density at radius 3 is 1.58 bits per heavy atom. The molecule has 1 aliphatic rings. The molecule has 0 spiro atoms. The Hall–Kier alpha value is 0.670. The average Bonchev–Trinajstić information content (AvgIpc) is 2.85. The SMILES string of the molecule is CCCCCCCCCCCCCCCCCCOCCCO[C@H]1O[C@H](CS(=O)(=O)[O-])[C@@H](O)[C@H](O)[C@H]1O.[Na+]. The van der Waals surface area contributed by atoms with Gasteiger partial charge in [0.15, 0.2) is 6.29 Å². The van der Waals surface area contributed by atoms with Crippen LogP contribution in [0.5, 0.6) is 0 Å². The van der Waals surface area contributed by atoms with Gasteiger partial charge < -0.3 is 34.1 Å². The maximum atomic E-state index is 10.9.